The first-order chi connectivity index (χ1) is 17.6. The molecule has 4 rings (SSSR count). The molecule has 0 heterocycles. The molecule has 0 unspecified atom stereocenters. The van der Waals surface area contributed by atoms with E-state index in [0.29, 0.717) is 35.5 Å². The zero-order valence-corrected chi connectivity index (χ0v) is 25.7. The van der Waals surface area contributed by atoms with Gasteiger partial charge in [0.15, 0.2) is 9.84 Å². The van der Waals surface area contributed by atoms with Crippen LogP contribution in [0.3, 0.4) is 0 Å². The number of hydrogen-bond donors (Lipinski definition) is 2. The molecule has 11 atom stereocenters. The van der Waals surface area contributed by atoms with Crippen molar-refractivity contribution < 1.29 is 28.2 Å². The van der Waals surface area contributed by atoms with E-state index in [1.54, 1.807) is 20.8 Å². The third-order valence-corrected chi connectivity index (χ3v) is 14.7. The minimum absolute atomic E-state index is 0.164. The van der Waals surface area contributed by atoms with Gasteiger partial charge in [-0.1, -0.05) is 34.1 Å². The van der Waals surface area contributed by atoms with Crippen LogP contribution in [-0.4, -0.2) is 53.9 Å². The summed E-state index contributed by atoms with van der Waals surface area (Å²) in [7, 11) is -3.54. The molecule has 4 saturated carbocycles. The number of carbonyl (C=O) groups excluding carboxylic acids is 1. The lowest BCUT2D eigenvalue weighted by Gasteiger charge is -2.64. The highest BCUT2D eigenvalue weighted by Crippen LogP contribution is 2.69. The largest absolute Gasteiger partial charge is 0.465 e. The first-order valence-corrected chi connectivity index (χ1v) is 17.0. The maximum atomic E-state index is 12.3. The molecule has 2 N–H and O–H groups in total. The Morgan fingerprint density at radius 2 is 1.63 bits per heavy atom. The van der Waals surface area contributed by atoms with Gasteiger partial charge in [-0.3, -0.25) is 4.79 Å². The van der Waals surface area contributed by atoms with Crippen molar-refractivity contribution in [2.75, 3.05) is 12.4 Å². The Kier molecular flexibility index (Phi) is 8.48. The van der Waals surface area contributed by atoms with Crippen LogP contribution in [0.4, 0.5) is 0 Å². The summed E-state index contributed by atoms with van der Waals surface area (Å²) in [5.41, 5.74) is 0.368. The number of aliphatic hydroxyl groups is 2. The van der Waals surface area contributed by atoms with E-state index in [1.807, 2.05) is 0 Å². The molecule has 0 amide bonds. The van der Waals surface area contributed by atoms with Crippen LogP contribution in [0.15, 0.2) is 0 Å². The summed E-state index contributed by atoms with van der Waals surface area (Å²) in [4.78, 5) is 12.3. The van der Waals surface area contributed by atoms with E-state index in [4.69, 9.17) is 4.74 Å². The van der Waals surface area contributed by atoms with Crippen molar-refractivity contribution in [2.45, 2.75) is 123 Å². The summed E-state index contributed by atoms with van der Waals surface area (Å²) >= 11 is 0. The number of carbonyl (C=O) groups is 1. The van der Waals surface area contributed by atoms with E-state index in [9.17, 15) is 23.4 Å². The predicted molar refractivity (Wildman–Crippen MR) is 150 cm³/mol. The Labute approximate surface area is 231 Å². The molecule has 0 aromatic rings. The number of hydrogen-bond acceptors (Lipinski definition) is 6. The fourth-order valence-corrected chi connectivity index (χ4v) is 10.7. The molecule has 0 spiro atoms. The number of ether oxygens (including phenoxy) is 1. The molecule has 0 radical (unpaired) electrons. The van der Waals surface area contributed by atoms with Crippen molar-refractivity contribution in [3.05, 3.63) is 0 Å². The number of esters is 1. The molecule has 220 valence electrons. The maximum Gasteiger partial charge on any atom is 0.321 e. The SMILES string of the molecule is CC[C@H]1[C@@H](O)[C@@H]2[C@H](CC[C@]3(C)[C@@H]([C@H](C)CCOC(=O)CS(=O)(=O)C(C)(C)C)CC[C@@H]23)[C@@]2(C)CC[C@@H](O)C[C@@H]12. The molecular formula is C31H54O6S. The first-order valence-electron chi connectivity index (χ1n) is 15.3. The minimum atomic E-state index is -3.54. The van der Waals surface area contributed by atoms with Gasteiger partial charge in [-0.05, 0) is 124 Å². The van der Waals surface area contributed by atoms with Gasteiger partial charge in [0.25, 0.3) is 0 Å². The number of aliphatic hydroxyl groups excluding tert-OH is 2. The second-order valence-electron chi connectivity index (χ2n) is 15.0. The van der Waals surface area contributed by atoms with Gasteiger partial charge in [-0.15, -0.1) is 0 Å². The Morgan fingerprint density at radius 3 is 2.26 bits per heavy atom. The van der Waals surface area contributed by atoms with E-state index in [1.165, 1.54) is 6.42 Å². The molecule has 4 fully saturated rings. The Morgan fingerprint density at radius 1 is 1.00 bits per heavy atom. The Balaban J connectivity index is 1.43. The minimum Gasteiger partial charge on any atom is -0.465 e. The van der Waals surface area contributed by atoms with Crippen molar-refractivity contribution in [2.24, 2.45) is 52.3 Å². The number of fused-ring (bicyclic) bond motifs is 5. The molecule has 4 aliphatic rings. The first kappa shape index (κ1) is 30.3. The van der Waals surface area contributed by atoms with Crippen LogP contribution in [0.1, 0.15) is 106 Å². The summed E-state index contributed by atoms with van der Waals surface area (Å²) < 4.78 is 29.1. The Bertz CT molecular complexity index is 971. The van der Waals surface area contributed by atoms with Gasteiger partial charge >= 0.3 is 5.97 Å². The van der Waals surface area contributed by atoms with Crippen molar-refractivity contribution in [3.8, 4) is 0 Å². The van der Waals surface area contributed by atoms with Gasteiger partial charge in [0.1, 0.15) is 5.75 Å². The smallest absolute Gasteiger partial charge is 0.321 e. The van der Waals surface area contributed by atoms with Crippen LogP contribution in [0.2, 0.25) is 0 Å². The molecule has 0 saturated heterocycles. The van der Waals surface area contributed by atoms with Gasteiger partial charge < -0.3 is 14.9 Å². The normalized spacial score (nSPS) is 44.0. The van der Waals surface area contributed by atoms with E-state index in [-0.39, 0.29) is 35.6 Å². The second kappa shape index (κ2) is 10.6. The average Bonchev–Trinajstić information content (AvgIpc) is 3.16. The molecule has 4 aliphatic carbocycles. The van der Waals surface area contributed by atoms with Crippen LogP contribution >= 0.6 is 0 Å². The second-order valence-corrected chi connectivity index (χ2v) is 17.7. The van der Waals surface area contributed by atoms with Gasteiger partial charge in [0.05, 0.1) is 23.6 Å². The van der Waals surface area contributed by atoms with Crippen LogP contribution < -0.4 is 0 Å². The topological polar surface area (TPSA) is 101 Å². The van der Waals surface area contributed by atoms with Gasteiger partial charge in [-0.25, -0.2) is 8.42 Å². The lowest BCUT2D eigenvalue weighted by molar-refractivity contribution is -0.203. The summed E-state index contributed by atoms with van der Waals surface area (Å²) in [5.74, 6) is 1.68. The molecule has 7 heteroatoms. The van der Waals surface area contributed by atoms with Crippen LogP contribution in [0.5, 0.6) is 0 Å². The van der Waals surface area contributed by atoms with Gasteiger partial charge in [0.2, 0.25) is 0 Å². The molecule has 0 aromatic carbocycles. The molecule has 6 nitrogen and oxygen atoms in total. The molecule has 0 bridgehead atoms. The lowest BCUT2D eigenvalue weighted by Crippen LogP contribution is -2.62. The van der Waals surface area contributed by atoms with E-state index in [2.05, 4.69) is 27.7 Å². The lowest BCUT2D eigenvalue weighted by atomic mass is 9.41. The van der Waals surface area contributed by atoms with Gasteiger partial charge in [0, 0.05) is 0 Å². The highest BCUT2D eigenvalue weighted by molar-refractivity contribution is 7.93. The third kappa shape index (κ3) is 5.11. The van der Waals surface area contributed by atoms with Crippen molar-refractivity contribution >= 4 is 15.8 Å². The highest BCUT2D eigenvalue weighted by atomic mass is 32.2. The Hall–Kier alpha value is -0.660. The number of sulfone groups is 1. The molecular weight excluding hydrogens is 500 g/mol. The van der Waals surface area contributed by atoms with Gasteiger partial charge in [-0.2, -0.15) is 0 Å². The molecule has 38 heavy (non-hydrogen) atoms. The fourth-order valence-electron chi connectivity index (χ4n) is 9.91. The van der Waals surface area contributed by atoms with E-state index >= 15 is 0 Å². The summed E-state index contributed by atoms with van der Waals surface area (Å²) in [5, 5.41) is 22.4. The monoisotopic (exact) mass is 554 g/mol. The predicted octanol–water partition coefficient (Wildman–Crippen LogP) is 5.40. The van der Waals surface area contributed by atoms with E-state index < -0.39 is 26.3 Å². The maximum absolute atomic E-state index is 12.3. The zero-order valence-electron chi connectivity index (χ0n) is 24.9. The van der Waals surface area contributed by atoms with Crippen LogP contribution in [0.25, 0.3) is 0 Å². The van der Waals surface area contributed by atoms with Crippen molar-refractivity contribution in [1.82, 2.24) is 0 Å². The van der Waals surface area contributed by atoms with E-state index in [0.717, 1.165) is 51.4 Å². The average molecular weight is 555 g/mol. The number of rotatable bonds is 7. The van der Waals surface area contributed by atoms with Crippen LogP contribution in [-0.2, 0) is 19.4 Å². The standard InChI is InChI=1S/C31H54O6S/c1-8-21-25-17-20(32)11-14-31(25,7)24-12-15-30(6)22(9-10-23(30)27(24)28(21)34)19(2)13-16-37-26(33)18-38(35,36)29(3,4)5/h19-25,27-28,32,34H,8-18H2,1-7H3/t19-,20-,21-,22-,23+,24+,25+,27+,28-,30-,31-/m1/s1. The van der Waals surface area contributed by atoms with Crippen LogP contribution in [0, 0.1) is 52.3 Å². The third-order valence-electron chi connectivity index (χ3n) is 12.2. The quantitative estimate of drug-likeness (QED) is 0.409. The highest BCUT2D eigenvalue weighted by Gasteiger charge is 2.64. The fraction of sp³-hybridized carbons (Fsp3) is 0.968. The summed E-state index contributed by atoms with van der Waals surface area (Å²) in [6.07, 6.45) is 8.60. The molecule has 0 aromatic heterocycles. The van der Waals surface area contributed by atoms with Crippen molar-refractivity contribution in [1.29, 1.82) is 0 Å². The summed E-state index contributed by atoms with van der Waals surface area (Å²) in [6.45, 7) is 14.5. The zero-order chi connectivity index (χ0) is 28.3. The summed E-state index contributed by atoms with van der Waals surface area (Å²) in [6, 6.07) is 0. The molecule has 0 aliphatic heterocycles. The van der Waals surface area contributed by atoms with Crippen molar-refractivity contribution in [3.63, 3.8) is 0 Å².